The summed E-state index contributed by atoms with van der Waals surface area (Å²) >= 11 is 1.70. The summed E-state index contributed by atoms with van der Waals surface area (Å²) < 4.78 is 7.97. The second kappa shape index (κ2) is 6.16. The fourth-order valence-electron chi connectivity index (χ4n) is 2.89. The van der Waals surface area contributed by atoms with E-state index in [1.54, 1.807) is 11.3 Å². The van der Waals surface area contributed by atoms with Gasteiger partial charge in [-0.15, -0.1) is 16.4 Å². The lowest BCUT2D eigenvalue weighted by Crippen LogP contribution is -2.38. The third kappa shape index (κ3) is 3.36. The number of nitrogens with zero attached hydrogens (tertiary/aromatic N) is 6. The van der Waals surface area contributed by atoms with Crippen molar-refractivity contribution in [3.05, 3.63) is 21.9 Å². The van der Waals surface area contributed by atoms with Crippen LogP contribution in [0, 0.1) is 0 Å². The Balaban J connectivity index is 1.43. The van der Waals surface area contributed by atoms with E-state index in [1.165, 1.54) is 12.8 Å². The lowest BCUT2D eigenvalue weighted by molar-refractivity contribution is -0.0342. The molecule has 0 radical (unpaired) electrons. The highest BCUT2D eigenvalue weighted by molar-refractivity contribution is 7.09. The predicted octanol–water partition coefficient (Wildman–Crippen LogP) is 2.34. The number of hydrogen-bond acceptors (Lipinski definition) is 7. The third-order valence-corrected chi connectivity index (χ3v) is 5.47. The van der Waals surface area contributed by atoms with Crippen LogP contribution in [0.3, 0.4) is 0 Å². The van der Waals surface area contributed by atoms with Crippen molar-refractivity contribution in [2.75, 3.05) is 19.7 Å². The average molecular weight is 348 g/mol. The summed E-state index contributed by atoms with van der Waals surface area (Å²) in [4.78, 5) is 7.19. The first-order valence-corrected chi connectivity index (χ1v) is 9.45. The Bertz CT molecular complexity index is 701. The topological polar surface area (TPSA) is 69.0 Å². The molecular formula is C16H24N6OS. The highest BCUT2D eigenvalue weighted by Gasteiger charge is 2.30. The van der Waals surface area contributed by atoms with Crippen LogP contribution in [0.5, 0.6) is 0 Å². The maximum atomic E-state index is 5.98. The Morgan fingerprint density at radius 2 is 2.17 bits per heavy atom. The van der Waals surface area contributed by atoms with E-state index in [4.69, 9.17) is 9.72 Å². The second-order valence-corrected chi connectivity index (χ2v) is 8.58. The number of tetrazole rings is 1. The molecule has 24 heavy (non-hydrogen) atoms. The molecule has 0 aromatic carbocycles. The molecule has 0 N–H and O–H groups in total. The molecule has 2 aliphatic rings. The summed E-state index contributed by atoms with van der Waals surface area (Å²) in [7, 11) is 0. The average Bonchev–Trinajstić information content (AvgIpc) is 3.08. The molecule has 1 atom stereocenters. The lowest BCUT2D eigenvalue weighted by atomic mass is 9.93. The third-order valence-electron chi connectivity index (χ3n) is 4.54. The number of aromatic nitrogens is 5. The van der Waals surface area contributed by atoms with E-state index in [9.17, 15) is 0 Å². The van der Waals surface area contributed by atoms with Gasteiger partial charge in [0, 0.05) is 23.9 Å². The van der Waals surface area contributed by atoms with Crippen molar-refractivity contribution < 1.29 is 4.74 Å². The molecule has 2 aromatic heterocycles. The molecule has 8 heteroatoms. The summed E-state index contributed by atoms with van der Waals surface area (Å²) in [5.41, 5.74) is 1.22. The van der Waals surface area contributed by atoms with Crippen molar-refractivity contribution in [2.24, 2.45) is 0 Å². The molecule has 130 valence electrons. The van der Waals surface area contributed by atoms with Gasteiger partial charge in [0.1, 0.15) is 11.1 Å². The van der Waals surface area contributed by atoms with Gasteiger partial charge in [0.05, 0.1) is 24.9 Å². The lowest BCUT2D eigenvalue weighted by Gasteiger charge is -2.31. The van der Waals surface area contributed by atoms with Gasteiger partial charge in [-0.05, 0) is 23.3 Å². The number of thiazole rings is 1. The molecule has 1 saturated heterocycles. The van der Waals surface area contributed by atoms with Crippen molar-refractivity contribution in [1.29, 1.82) is 0 Å². The summed E-state index contributed by atoms with van der Waals surface area (Å²) in [6.45, 7) is 9.83. The van der Waals surface area contributed by atoms with Gasteiger partial charge in [0.25, 0.3) is 0 Å². The molecule has 1 aliphatic heterocycles. The van der Waals surface area contributed by atoms with Gasteiger partial charge < -0.3 is 4.74 Å². The first-order valence-electron chi connectivity index (χ1n) is 8.57. The predicted molar refractivity (Wildman–Crippen MR) is 90.9 cm³/mol. The zero-order valence-electron chi connectivity index (χ0n) is 14.5. The van der Waals surface area contributed by atoms with E-state index >= 15 is 0 Å². The standard InChI is InChI=1S/C16H24N6OS/c1-16(2,3)13-10-24-15(17-13)12-8-21(6-7-23-12)9-14-18-19-20-22(14)11-4-5-11/h10-12H,4-9H2,1-3H3. The highest BCUT2D eigenvalue weighted by Crippen LogP contribution is 2.35. The van der Waals surface area contributed by atoms with E-state index in [-0.39, 0.29) is 11.5 Å². The van der Waals surface area contributed by atoms with E-state index < -0.39 is 0 Å². The first-order chi connectivity index (χ1) is 11.5. The molecule has 0 amide bonds. The number of hydrogen-bond donors (Lipinski definition) is 0. The van der Waals surface area contributed by atoms with Crippen LogP contribution < -0.4 is 0 Å². The molecule has 0 spiro atoms. The van der Waals surface area contributed by atoms with Crippen LogP contribution in [0.2, 0.25) is 0 Å². The fourth-order valence-corrected chi connectivity index (χ4v) is 3.98. The van der Waals surface area contributed by atoms with Crippen LogP contribution in [0.1, 0.15) is 62.3 Å². The summed E-state index contributed by atoms with van der Waals surface area (Å²) in [6.07, 6.45) is 2.43. The highest BCUT2D eigenvalue weighted by atomic mass is 32.1. The minimum atomic E-state index is 0.0464. The van der Waals surface area contributed by atoms with Crippen LogP contribution in [0.25, 0.3) is 0 Å². The molecule has 4 rings (SSSR count). The number of morpholine rings is 1. The van der Waals surface area contributed by atoms with Gasteiger partial charge in [0.15, 0.2) is 5.82 Å². The number of ether oxygens (including phenoxy) is 1. The number of rotatable bonds is 4. The van der Waals surface area contributed by atoms with Crippen LogP contribution in [-0.4, -0.2) is 49.8 Å². The van der Waals surface area contributed by atoms with Crippen molar-refractivity contribution in [2.45, 2.75) is 57.7 Å². The zero-order valence-corrected chi connectivity index (χ0v) is 15.3. The SMILES string of the molecule is CC(C)(C)c1csc(C2CN(Cc3nnnn3C3CC3)CCO2)n1. The molecule has 2 fully saturated rings. The van der Waals surface area contributed by atoms with Gasteiger partial charge >= 0.3 is 0 Å². The van der Waals surface area contributed by atoms with Crippen LogP contribution in [0.15, 0.2) is 5.38 Å². The van der Waals surface area contributed by atoms with Gasteiger partial charge in [0.2, 0.25) is 0 Å². The molecule has 2 aromatic rings. The molecule has 3 heterocycles. The van der Waals surface area contributed by atoms with E-state index in [0.717, 1.165) is 42.8 Å². The van der Waals surface area contributed by atoms with E-state index in [2.05, 4.69) is 46.6 Å². The Morgan fingerprint density at radius 3 is 2.88 bits per heavy atom. The van der Waals surface area contributed by atoms with E-state index in [0.29, 0.717) is 6.04 Å². The van der Waals surface area contributed by atoms with Gasteiger partial charge in [-0.2, -0.15) is 0 Å². The van der Waals surface area contributed by atoms with Crippen molar-refractivity contribution in [3.63, 3.8) is 0 Å². The van der Waals surface area contributed by atoms with Crippen molar-refractivity contribution in [1.82, 2.24) is 30.1 Å². The maximum Gasteiger partial charge on any atom is 0.165 e. The summed E-state index contributed by atoms with van der Waals surface area (Å²) in [5.74, 6) is 0.965. The van der Waals surface area contributed by atoms with Crippen LogP contribution in [-0.2, 0) is 16.7 Å². The zero-order chi connectivity index (χ0) is 16.7. The Hall–Kier alpha value is -1.38. The Kier molecular flexibility index (Phi) is 4.14. The molecule has 1 saturated carbocycles. The van der Waals surface area contributed by atoms with Gasteiger partial charge in [-0.3, -0.25) is 4.90 Å². The monoisotopic (exact) mass is 348 g/mol. The minimum absolute atomic E-state index is 0.0464. The van der Waals surface area contributed by atoms with Crippen molar-refractivity contribution in [3.8, 4) is 0 Å². The minimum Gasteiger partial charge on any atom is -0.368 e. The summed E-state index contributed by atoms with van der Waals surface area (Å²) in [5, 5.41) is 15.4. The molecule has 7 nitrogen and oxygen atoms in total. The van der Waals surface area contributed by atoms with Crippen LogP contribution >= 0.6 is 11.3 Å². The molecule has 0 bridgehead atoms. The fraction of sp³-hybridized carbons (Fsp3) is 0.750. The molecule has 1 unspecified atom stereocenters. The smallest absolute Gasteiger partial charge is 0.165 e. The Labute approximate surface area is 146 Å². The van der Waals surface area contributed by atoms with Crippen molar-refractivity contribution >= 4 is 11.3 Å². The summed E-state index contributed by atoms with van der Waals surface area (Å²) in [6, 6.07) is 0.514. The Morgan fingerprint density at radius 1 is 1.33 bits per heavy atom. The molecular weight excluding hydrogens is 324 g/mol. The van der Waals surface area contributed by atoms with E-state index in [1.807, 2.05) is 4.68 Å². The second-order valence-electron chi connectivity index (χ2n) is 7.69. The first kappa shape index (κ1) is 16.1. The quantitative estimate of drug-likeness (QED) is 0.845. The molecule has 1 aliphatic carbocycles. The normalized spacial score (nSPS) is 22.9. The van der Waals surface area contributed by atoms with Gasteiger partial charge in [-0.1, -0.05) is 20.8 Å². The van der Waals surface area contributed by atoms with Gasteiger partial charge in [-0.25, -0.2) is 9.67 Å². The van der Waals surface area contributed by atoms with Crippen LogP contribution in [0.4, 0.5) is 0 Å². The largest absolute Gasteiger partial charge is 0.368 e. The maximum absolute atomic E-state index is 5.98.